The molecule has 9 heteroatoms. The van der Waals surface area contributed by atoms with Crippen molar-refractivity contribution in [1.29, 1.82) is 0 Å². The molecule has 0 unspecified atom stereocenters. The molecule has 0 aromatic carbocycles. The standard InChI is InChI=1S/C5H4N4.H3O4P/c1-2-4-9-5(3-1)6-7-8-9;1-5(2,3)4/h1-4H;(H3,1,2,3,4). The highest BCUT2D eigenvalue weighted by atomic mass is 31.2. The van der Waals surface area contributed by atoms with Crippen LogP contribution in [0.15, 0.2) is 24.4 Å². The molecule has 3 N–H and O–H groups in total. The second-order valence-electron chi connectivity index (χ2n) is 2.20. The first-order chi connectivity index (χ1) is 6.47. The molecule has 2 aromatic heterocycles. The number of nitrogens with zero attached hydrogens (tertiary/aromatic N) is 4. The molecule has 14 heavy (non-hydrogen) atoms. The van der Waals surface area contributed by atoms with E-state index in [1.807, 2.05) is 18.2 Å². The van der Waals surface area contributed by atoms with Crippen LogP contribution in [-0.4, -0.2) is 34.7 Å². The van der Waals surface area contributed by atoms with E-state index >= 15 is 0 Å². The summed E-state index contributed by atoms with van der Waals surface area (Å²) in [5.41, 5.74) is 0.775. The molecule has 2 heterocycles. The van der Waals surface area contributed by atoms with Crippen LogP contribution < -0.4 is 0 Å². The normalized spacial score (nSPS) is 10.8. The van der Waals surface area contributed by atoms with E-state index < -0.39 is 7.82 Å². The Morgan fingerprint density at radius 3 is 2.50 bits per heavy atom. The summed E-state index contributed by atoms with van der Waals surface area (Å²) in [5.74, 6) is 0. The van der Waals surface area contributed by atoms with Gasteiger partial charge in [-0.15, -0.1) is 5.10 Å². The number of hydrogen-bond donors (Lipinski definition) is 3. The molecule has 8 nitrogen and oxygen atoms in total. The highest BCUT2D eigenvalue weighted by molar-refractivity contribution is 7.45. The highest BCUT2D eigenvalue weighted by Crippen LogP contribution is 2.25. The minimum absolute atomic E-state index is 0.775. The summed E-state index contributed by atoms with van der Waals surface area (Å²) in [5, 5.41) is 10.9. The third kappa shape index (κ3) is 4.06. The minimum atomic E-state index is -4.64. The maximum absolute atomic E-state index is 8.88. The van der Waals surface area contributed by atoms with Gasteiger partial charge >= 0.3 is 7.82 Å². The van der Waals surface area contributed by atoms with Crippen molar-refractivity contribution in [2.24, 2.45) is 0 Å². The van der Waals surface area contributed by atoms with Crippen LogP contribution in [0.1, 0.15) is 0 Å². The summed E-state index contributed by atoms with van der Waals surface area (Å²) >= 11 is 0. The Hall–Kier alpha value is -1.34. The zero-order valence-electron chi connectivity index (χ0n) is 6.80. The first-order valence-electron chi connectivity index (χ1n) is 3.38. The third-order valence-electron chi connectivity index (χ3n) is 1.10. The lowest BCUT2D eigenvalue weighted by Gasteiger charge is -1.82. The van der Waals surface area contributed by atoms with Crippen LogP contribution >= 0.6 is 7.82 Å². The molecule has 76 valence electrons. The van der Waals surface area contributed by atoms with Crippen LogP contribution in [0.25, 0.3) is 5.65 Å². The van der Waals surface area contributed by atoms with Crippen LogP contribution in [0.5, 0.6) is 0 Å². The number of aromatic nitrogens is 4. The van der Waals surface area contributed by atoms with E-state index in [0.29, 0.717) is 0 Å². The summed E-state index contributed by atoms with van der Waals surface area (Å²) in [4.78, 5) is 21.6. The topological polar surface area (TPSA) is 121 Å². The molecule has 0 atom stereocenters. The second kappa shape index (κ2) is 4.25. The number of phosphoric acid groups is 1. The Labute approximate surface area is 78.1 Å². The van der Waals surface area contributed by atoms with Gasteiger partial charge in [-0.1, -0.05) is 6.07 Å². The molecule has 0 bridgehead atoms. The Morgan fingerprint density at radius 2 is 1.93 bits per heavy atom. The number of fused-ring (bicyclic) bond motifs is 1. The Bertz CT molecular complexity index is 413. The highest BCUT2D eigenvalue weighted by Gasteiger charge is 2.00. The van der Waals surface area contributed by atoms with E-state index in [-0.39, 0.29) is 0 Å². The van der Waals surface area contributed by atoms with Gasteiger partial charge in [0.25, 0.3) is 0 Å². The van der Waals surface area contributed by atoms with Crippen molar-refractivity contribution >= 4 is 13.5 Å². The third-order valence-corrected chi connectivity index (χ3v) is 1.10. The van der Waals surface area contributed by atoms with Gasteiger partial charge in [-0.2, -0.15) is 0 Å². The molecule has 0 spiro atoms. The van der Waals surface area contributed by atoms with Crippen LogP contribution in [0.2, 0.25) is 0 Å². The van der Waals surface area contributed by atoms with Gasteiger partial charge < -0.3 is 14.7 Å². The van der Waals surface area contributed by atoms with E-state index in [1.54, 1.807) is 10.7 Å². The van der Waals surface area contributed by atoms with Crippen molar-refractivity contribution < 1.29 is 19.2 Å². The first-order valence-corrected chi connectivity index (χ1v) is 4.94. The lowest BCUT2D eigenvalue weighted by Crippen LogP contribution is -1.83. The molecule has 0 saturated carbocycles. The second-order valence-corrected chi connectivity index (χ2v) is 3.22. The van der Waals surface area contributed by atoms with Crippen LogP contribution in [0.3, 0.4) is 0 Å². The summed E-state index contributed by atoms with van der Waals surface area (Å²) in [7, 11) is -4.64. The lowest BCUT2D eigenvalue weighted by molar-refractivity contribution is 0.275. The molecule has 2 aromatic rings. The molecule has 0 fully saturated rings. The van der Waals surface area contributed by atoms with Gasteiger partial charge in [0.1, 0.15) is 0 Å². The van der Waals surface area contributed by atoms with Gasteiger partial charge in [0.15, 0.2) is 5.65 Å². The van der Waals surface area contributed by atoms with Gasteiger partial charge in [-0.25, -0.2) is 9.08 Å². The lowest BCUT2D eigenvalue weighted by atomic mass is 10.5. The van der Waals surface area contributed by atoms with Crippen LogP contribution in [0, 0.1) is 0 Å². The summed E-state index contributed by atoms with van der Waals surface area (Å²) < 4.78 is 10.5. The molecule has 0 aliphatic heterocycles. The van der Waals surface area contributed by atoms with Crippen LogP contribution in [-0.2, 0) is 4.57 Å². The monoisotopic (exact) mass is 218 g/mol. The Balaban J connectivity index is 0.000000171. The molecule has 0 amide bonds. The van der Waals surface area contributed by atoms with E-state index in [4.69, 9.17) is 19.2 Å². The average molecular weight is 218 g/mol. The van der Waals surface area contributed by atoms with Gasteiger partial charge in [0.05, 0.1) is 0 Å². The van der Waals surface area contributed by atoms with Crippen molar-refractivity contribution in [3.8, 4) is 0 Å². The summed E-state index contributed by atoms with van der Waals surface area (Å²) in [6.45, 7) is 0. The molecule has 0 radical (unpaired) electrons. The Morgan fingerprint density at radius 1 is 1.29 bits per heavy atom. The number of tetrazole rings is 1. The number of hydrogen-bond acceptors (Lipinski definition) is 4. The van der Waals surface area contributed by atoms with Crippen molar-refractivity contribution in [2.45, 2.75) is 0 Å². The minimum Gasteiger partial charge on any atom is -0.303 e. The number of rotatable bonds is 0. The maximum atomic E-state index is 8.88. The fraction of sp³-hybridized carbons (Fsp3) is 0. The predicted octanol–water partition coefficient (Wildman–Crippen LogP) is -0.804. The fourth-order valence-corrected chi connectivity index (χ4v) is 0.689. The Kier molecular flexibility index (Phi) is 3.26. The van der Waals surface area contributed by atoms with Crippen molar-refractivity contribution in [3.05, 3.63) is 24.4 Å². The van der Waals surface area contributed by atoms with Crippen molar-refractivity contribution in [1.82, 2.24) is 20.0 Å². The van der Waals surface area contributed by atoms with E-state index in [9.17, 15) is 0 Å². The largest absolute Gasteiger partial charge is 0.466 e. The van der Waals surface area contributed by atoms with E-state index in [0.717, 1.165) is 5.65 Å². The van der Waals surface area contributed by atoms with Gasteiger partial charge in [-0.3, -0.25) is 0 Å². The quantitative estimate of drug-likeness (QED) is 0.494. The van der Waals surface area contributed by atoms with Crippen molar-refractivity contribution in [3.63, 3.8) is 0 Å². The van der Waals surface area contributed by atoms with E-state index in [1.165, 1.54) is 0 Å². The fourth-order valence-electron chi connectivity index (χ4n) is 0.689. The van der Waals surface area contributed by atoms with Gasteiger partial charge in [0.2, 0.25) is 0 Å². The summed E-state index contributed by atoms with van der Waals surface area (Å²) in [6, 6.07) is 5.62. The molecule has 0 aliphatic carbocycles. The molecule has 0 saturated heterocycles. The zero-order chi connectivity index (χ0) is 10.6. The van der Waals surface area contributed by atoms with Gasteiger partial charge in [0, 0.05) is 6.20 Å². The molecule has 0 aliphatic rings. The first kappa shape index (κ1) is 10.7. The van der Waals surface area contributed by atoms with Crippen molar-refractivity contribution in [2.75, 3.05) is 0 Å². The van der Waals surface area contributed by atoms with Gasteiger partial charge in [-0.05, 0) is 22.6 Å². The average Bonchev–Trinajstić information content (AvgIpc) is 2.47. The zero-order valence-corrected chi connectivity index (χ0v) is 7.69. The van der Waals surface area contributed by atoms with E-state index in [2.05, 4.69) is 15.5 Å². The smallest absolute Gasteiger partial charge is 0.303 e. The number of pyridine rings is 1. The van der Waals surface area contributed by atoms with Crippen LogP contribution in [0.4, 0.5) is 0 Å². The SMILES string of the molecule is O=P(O)(O)O.c1ccn2nnnc2c1. The maximum Gasteiger partial charge on any atom is 0.466 e. The molecule has 2 rings (SSSR count). The molecular weight excluding hydrogens is 211 g/mol. The summed E-state index contributed by atoms with van der Waals surface area (Å²) in [6.07, 6.45) is 1.80. The molecular formula is C5H7N4O4P. The predicted molar refractivity (Wildman–Crippen MR) is 45.0 cm³/mol.